The van der Waals surface area contributed by atoms with Crippen molar-refractivity contribution in [2.75, 3.05) is 20.3 Å². The Bertz CT molecular complexity index is 1140. The summed E-state index contributed by atoms with van der Waals surface area (Å²) in [5.41, 5.74) is 4.36. The van der Waals surface area contributed by atoms with Gasteiger partial charge in [0.05, 0.1) is 37.0 Å². The third-order valence-electron chi connectivity index (χ3n) is 5.63. The predicted molar refractivity (Wildman–Crippen MR) is 111 cm³/mol. The molecular weight excluding hydrogens is 370 g/mol. The second-order valence-corrected chi connectivity index (χ2v) is 7.16. The minimum atomic E-state index is -0.486. The second-order valence-electron chi connectivity index (χ2n) is 7.16. The molecule has 0 radical (unpaired) electrons. The lowest BCUT2D eigenvalue weighted by Crippen LogP contribution is -2.21. The number of esters is 2. The van der Waals surface area contributed by atoms with Crippen molar-refractivity contribution < 1.29 is 23.8 Å². The predicted octanol–water partition coefficient (Wildman–Crippen LogP) is 4.41. The van der Waals surface area contributed by atoms with E-state index in [0.29, 0.717) is 17.5 Å². The molecule has 4 rings (SSSR count). The summed E-state index contributed by atoms with van der Waals surface area (Å²) >= 11 is 0. The third kappa shape index (κ3) is 2.85. The highest BCUT2D eigenvalue weighted by Crippen LogP contribution is 2.42. The van der Waals surface area contributed by atoms with Crippen molar-refractivity contribution in [3.8, 4) is 5.75 Å². The number of carbonyl (C=O) groups excluding carboxylic acids is 2. The van der Waals surface area contributed by atoms with Crippen LogP contribution in [0, 0.1) is 6.92 Å². The molecule has 6 heteroatoms. The number of nitrogens with zero attached hydrogens (tertiary/aromatic N) is 1. The van der Waals surface area contributed by atoms with E-state index in [1.54, 1.807) is 21.0 Å². The van der Waals surface area contributed by atoms with Crippen LogP contribution in [0.15, 0.2) is 18.2 Å². The van der Waals surface area contributed by atoms with Gasteiger partial charge < -0.3 is 18.8 Å². The number of carbonyl (C=O) groups is 2. The average molecular weight is 395 g/mol. The summed E-state index contributed by atoms with van der Waals surface area (Å²) < 4.78 is 18.4. The summed E-state index contributed by atoms with van der Waals surface area (Å²) in [5, 5.41) is 1.99. The molecule has 0 bridgehead atoms. The summed E-state index contributed by atoms with van der Waals surface area (Å²) in [6.07, 6.45) is 1.60. The van der Waals surface area contributed by atoms with Gasteiger partial charge in [-0.2, -0.15) is 0 Å². The second kappa shape index (κ2) is 7.43. The number of aryl methyl sites for hydroxylation is 3. The first-order valence-electron chi connectivity index (χ1n) is 10.0. The number of fused-ring (bicyclic) bond motifs is 3. The molecule has 1 aromatic heterocycles. The van der Waals surface area contributed by atoms with E-state index in [2.05, 4.69) is 4.57 Å². The van der Waals surface area contributed by atoms with E-state index < -0.39 is 11.9 Å². The van der Waals surface area contributed by atoms with Gasteiger partial charge in [0.2, 0.25) is 0 Å². The Hall–Kier alpha value is -3.02. The maximum Gasteiger partial charge on any atom is 0.339 e. The topological polar surface area (TPSA) is 66.8 Å². The summed E-state index contributed by atoms with van der Waals surface area (Å²) in [4.78, 5) is 25.9. The maximum atomic E-state index is 12.9. The molecule has 6 nitrogen and oxygen atoms in total. The lowest BCUT2D eigenvalue weighted by Gasteiger charge is -2.22. The minimum Gasteiger partial charge on any atom is -0.497 e. The molecule has 1 aliphatic heterocycles. The Morgan fingerprint density at radius 3 is 2.41 bits per heavy atom. The molecule has 0 N–H and O–H groups in total. The molecule has 0 fully saturated rings. The number of hydrogen-bond acceptors (Lipinski definition) is 5. The van der Waals surface area contributed by atoms with Gasteiger partial charge >= 0.3 is 11.9 Å². The van der Waals surface area contributed by atoms with Crippen molar-refractivity contribution in [3.63, 3.8) is 0 Å². The Labute approximate surface area is 169 Å². The zero-order valence-corrected chi connectivity index (χ0v) is 17.3. The highest BCUT2D eigenvalue weighted by Gasteiger charge is 2.32. The van der Waals surface area contributed by atoms with Gasteiger partial charge in [-0.3, -0.25) is 0 Å². The zero-order valence-electron chi connectivity index (χ0n) is 17.3. The first-order valence-corrected chi connectivity index (χ1v) is 10.0. The van der Waals surface area contributed by atoms with Crippen LogP contribution in [-0.2, 0) is 22.4 Å². The van der Waals surface area contributed by atoms with Gasteiger partial charge in [0, 0.05) is 22.8 Å². The highest BCUT2D eigenvalue weighted by molar-refractivity contribution is 6.18. The molecule has 0 saturated carbocycles. The number of rotatable bonds is 5. The van der Waals surface area contributed by atoms with E-state index in [-0.39, 0.29) is 13.2 Å². The van der Waals surface area contributed by atoms with Crippen LogP contribution in [0.25, 0.3) is 21.8 Å². The molecule has 2 heterocycles. The fraction of sp³-hybridized carbons (Fsp3) is 0.391. The number of methoxy groups -OCH3 is 1. The van der Waals surface area contributed by atoms with Crippen LogP contribution >= 0.6 is 0 Å². The van der Waals surface area contributed by atoms with Crippen molar-refractivity contribution >= 4 is 33.7 Å². The monoisotopic (exact) mass is 395 g/mol. The Kier molecular flexibility index (Phi) is 4.94. The number of benzene rings is 2. The molecular formula is C23H25NO5. The molecule has 2 aromatic carbocycles. The number of hydrogen-bond donors (Lipinski definition) is 0. The van der Waals surface area contributed by atoms with Crippen LogP contribution in [0.1, 0.15) is 52.1 Å². The Morgan fingerprint density at radius 1 is 1.07 bits per heavy atom. The maximum absolute atomic E-state index is 12.9. The van der Waals surface area contributed by atoms with E-state index in [0.717, 1.165) is 51.6 Å². The smallest absolute Gasteiger partial charge is 0.339 e. The van der Waals surface area contributed by atoms with Crippen LogP contribution in [0.5, 0.6) is 5.75 Å². The summed E-state index contributed by atoms with van der Waals surface area (Å²) in [6.45, 7) is 6.76. The standard InChI is InChI=1S/C23H25NO5/c1-5-28-22(25)19-13(3)18-16-12-14(27-4)9-10-17(16)24-11-7-8-15(21(18)24)20(19)23(26)29-6-2/h9-10,12H,5-8,11H2,1-4H3. The van der Waals surface area contributed by atoms with Crippen molar-refractivity contribution in [1.82, 2.24) is 4.57 Å². The van der Waals surface area contributed by atoms with Crippen LogP contribution in [0.2, 0.25) is 0 Å². The summed E-state index contributed by atoms with van der Waals surface area (Å²) in [7, 11) is 1.64. The molecule has 29 heavy (non-hydrogen) atoms. The summed E-state index contributed by atoms with van der Waals surface area (Å²) in [6, 6.07) is 5.97. The van der Waals surface area contributed by atoms with Gasteiger partial charge in [-0.1, -0.05) is 0 Å². The van der Waals surface area contributed by atoms with Crippen LogP contribution < -0.4 is 4.74 Å². The van der Waals surface area contributed by atoms with Gasteiger partial charge in [0.1, 0.15) is 5.75 Å². The molecule has 0 unspecified atom stereocenters. The Morgan fingerprint density at radius 2 is 1.76 bits per heavy atom. The quantitative estimate of drug-likeness (QED) is 0.599. The van der Waals surface area contributed by atoms with Gasteiger partial charge in [-0.05, 0) is 62.9 Å². The van der Waals surface area contributed by atoms with Gasteiger partial charge in [-0.15, -0.1) is 0 Å². The summed E-state index contributed by atoms with van der Waals surface area (Å²) in [5.74, 6) is -0.198. The van der Waals surface area contributed by atoms with E-state index in [1.165, 1.54) is 0 Å². The van der Waals surface area contributed by atoms with E-state index in [9.17, 15) is 9.59 Å². The molecule has 0 aliphatic carbocycles. The molecule has 152 valence electrons. The van der Waals surface area contributed by atoms with Crippen LogP contribution in [-0.4, -0.2) is 36.8 Å². The van der Waals surface area contributed by atoms with E-state index in [4.69, 9.17) is 14.2 Å². The largest absolute Gasteiger partial charge is 0.497 e. The lowest BCUT2D eigenvalue weighted by atomic mass is 9.88. The Balaban J connectivity index is 2.18. The molecule has 0 spiro atoms. The number of aromatic nitrogens is 1. The first kappa shape index (κ1) is 19.3. The van der Waals surface area contributed by atoms with Crippen molar-refractivity contribution in [2.24, 2.45) is 0 Å². The fourth-order valence-corrected chi connectivity index (χ4v) is 4.51. The lowest BCUT2D eigenvalue weighted by molar-refractivity contribution is 0.0477. The highest BCUT2D eigenvalue weighted by atomic mass is 16.5. The van der Waals surface area contributed by atoms with E-state index in [1.807, 2.05) is 25.1 Å². The van der Waals surface area contributed by atoms with E-state index >= 15 is 0 Å². The number of ether oxygens (including phenoxy) is 3. The molecule has 0 saturated heterocycles. The normalized spacial score (nSPS) is 13.0. The van der Waals surface area contributed by atoms with Gasteiger partial charge in [0.15, 0.2) is 0 Å². The molecule has 1 aliphatic rings. The van der Waals surface area contributed by atoms with Crippen LogP contribution in [0.4, 0.5) is 0 Å². The van der Waals surface area contributed by atoms with Crippen molar-refractivity contribution in [1.29, 1.82) is 0 Å². The molecule has 0 atom stereocenters. The van der Waals surface area contributed by atoms with Gasteiger partial charge in [-0.25, -0.2) is 9.59 Å². The minimum absolute atomic E-state index is 0.240. The third-order valence-corrected chi connectivity index (χ3v) is 5.63. The first-order chi connectivity index (χ1) is 14.0. The van der Waals surface area contributed by atoms with Crippen molar-refractivity contribution in [2.45, 2.75) is 40.2 Å². The zero-order chi connectivity index (χ0) is 20.7. The fourth-order valence-electron chi connectivity index (χ4n) is 4.51. The molecule has 3 aromatic rings. The van der Waals surface area contributed by atoms with Crippen LogP contribution in [0.3, 0.4) is 0 Å². The van der Waals surface area contributed by atoms with Gasteiger partial charge in [0.25, 0.3) is 0 Å². The van der Waals surface area contributed by atoms with Crippen molar-refractivity contribution in [3.05, 3.63) is 40.5 Å². The average Bonchev–Trinajstić information content (AvgIpc) is 3.05. The molecule has 0 amide bonds. The SMILES string of the molecule is CCOC(=O)c1c(C(=O)OCC)c2c3c(c1C)c1cc(OC)ccc1n3CCC2.